The molecule has 2 aliphatic heterocycles. The number of likely N-dealkylation sites (tertiary alicyclic amines) is 1. The van der Waals surface area contributed by atoms with E-state index in [-0.39, 0.29) is 17.9 Å². The number of aromatic nitrogens is 2. The Labute approximate surface area is 145 Å². The summed E-state index contributed by atoms with van der Waals surface area (Å²) in [6.07, 6.45) is 1.80. The third kappa shape index (κ3) is 2.94. The average molecular weight is 343 g/mol. The van der Waals surface area contributed by atoms with Gasteiger partial charge in [-0.25, -0.2) is 0 Å². The molecule has 132 valence electrons. The summed E-state index contributed by atoms with van der Waals surface area (Å²) in [5.41, 5.74) is 0.921. The molecule has 0 spiro atoms. The van der Waals surface area contributed by atoms with Gasteiger partial charge in [0.1, 0.15) is 13.2 Å². The maximum Gasteiger partial charge on any atom is 0.230 e. The van der Waals surface area contributed by atoms with Crippen LogP contribution in [0, 0.1) is 6.92 Å². The lowest BCUT2D eigenvalue weighted by Crippen LogP contribution is -2.34. The Kier molecular flexibility index (Phi) is 4.07. The zero-order valence-corrected chi connectivity index (χ0v) is 14.4. The fourth-order valence-electron chi connectivity index (χ4n) is 3.47. The van der Waals surface area contributed by atoms with E-state index >= 15 is 0 Å². The number of hydrogen-bond acceptors (Lipinski definition) is 6. The fraction of sp³-hybridized carbons (Fsp3) is 0.500. The maximum absolute atomic E-state index is 13.1. The van der Waals surface area contributed by atoms with Crippen molar-refractivity contribution in [2.24, 2.45) is 0 Å². The first-order valence-corrected chi connectivity index (χ1v) is 8.63. The van der Waals surface area contributed by atoms with Gasteiger partial charge < -0.3 is 18.9 Å². The number of fused-ring (bicyclic) bond motifs is 1. The molecule has 2 atom stereocenters. The molecule has 7 heteroatoms. The lowest BCUT2D eigenvalue weighted by atomic mass is 9.98. The summed E-state index contributed by atoms with van der Waals surface area (Å²) in [6, 6.07) is 5.60. The molecule has 7 nitrogen and oxygen atoms in total. The van der Waals surface area contributed by atoms with Crippen LogP contribution in [0.15, 0.2) is 22.7 Å². The van der Waals surface area contributed by atoms with E-state index in [1.54, 1.807) is 6.92 Å². The number of nitrogens with zero attached hydrogens (tertiary/aromatic N) is 3. The fourth-order valence-corrected chi connectivity index (χ4v) is 3.47. The third-order valence-electron chi connectivity index (χ3n) is 4.81. The van der Waals surface area contributed by atoms with E-state index in [0.29, 0.717) is 37.2 Å². The highest BCUT2D eigenvalue weighted by molar-refractivity contribution is 5.84. The Morgan fingerprint density at radius 2 is 2.08 bits per heavy atom. The van der Waals surface area contributed by atoms with E-state index in [0.717, 1.165) is 24.2 Å². The second kappa shape index (κ2) is 6.38. The van der Waals surface area contributed by atoms with Gasteiger partial charge in [0.25, 0.3) is 0 Å². The molecule has 0 unspecified atom stereocenters. The Balaban J connectivity index is 1.55. The molecule has 25 heavy (non-hydrogen) atoms. The van der Waals surface area contributed by atoms with Crippen molar-refractivity contribution in [1.82, 2.24) is 15.0 Å². The Hall–Kier alpha value is -2.57. The number of benzene rings is 1. The van der Waals surface area contributed by atoms with Crippen molar-refractivity contribution in [1.29, 1.82) is 0 Å². The van der Waals surface area contributed by atoms with E-state index < -0.39 is 0 Å². The van der Waals surface area contributed by atoms with Crippen LogP contribution < -0.4 is 9.47 Å². The van der Waals surface area contributed by atoms with Crippen molar-refractivity contribution in [2.45, 2.75) is 38.6 Å². The molecule has 4 rings (SSSR count). The van der Waals surface area contributed by atoms with Gasteiger partial charge in [-0.15, -0.1) is 0 Å². The van der Waals surface area contributed by atoms with Crippen molar-refractivity contribution in [3.05, 3.63) is 35.5 Å². The van der Waals surface area contributed by atoms with Gasteiger partial charge in [-0.05, 0) is 37.5 Å². The minimum atomic E-state index is -0.274. The van der Waals surface area contributed by atoms with Gasteiger partial charge in [0.2, 0.25) is 11.8 Å². The molecule has 0 bridgehead atoms. The summed E-state index contributed by atoms with van der Waals surface area (Å²) in [5, 5.41) is 4.00. The molecular weight excluding hydrogens is 322 g/mol. The van der Waals surface area contributed by atoms with Crippen LogP contribution in [-0.4, -0.2) is 40.7 Å². The number of ether oxygens (including phenoxy) is 2. The second-order valence-electron chi connectivity index (χ2n) is 6.49. The van der Waals surface area contributed by atoms with Crippen LogP contribution in [0.5, 0.6) is 11.5 Å². The number of hydrogen-bond donors (Lipinski definition) is 0. The molecule has 1 fully saturated rings. The highest BCUT2D eigenvalue weighted by atomic mass is 16.6. The zero-order valence-electron chi connectivity index (χ0n) is 14.4. The molecular formula is C18H21N3O4. The van der Waals surface area contributed by atoms with E-state index in [1.807, 2.05) is 30.0 Å². The molecule has 1 saturated heterocycles. The van der Waals surface area contributed by atoms with Gasteiger partial charge in [-0.1, -0.05) is 11.2 Å². The summed E-state index contributed by atoms with van der Waals surface area (Å²) in [4.78, 5) is 19.2. The van der Waals surface area contributed by atoms with Crippen LogP contribution in [0.1, 0.15) is 49.0 Å². The van der Waals surface area contributed by atoms with Gasteiger partial charge in [0.05, 0.1) is 12.0 Å². The molecule has 3 heterocycles. The Morgan fingerprint density at radius 1 is 1.28 bits per heavy atom. The normalized spacial score (nSPS) is 20.6. The SMILES string of the molecule is Cc1nc([C@@H]2CCCN2C(=O)[C@@H](C)c2ccc3c(c2)OCCO3)no1. The molecule has 1 amide bonds. The molecule has 0 radical (unpaired) electrons. The summed E-state index contributed by atoms with van der Waals surface area (Å²) >= 11 is 0. The third-order valence-corrected chi connectivity index (χ3v) is 4.81. The topological polar surface area (TPSA) is 77.7 Å². The quantitative estimate of drug-likeness (QED) is 0.852. The van der Waals surface area contributed by atoms with Crippen LogP contribution in [0.3, 0.4) is 0 Å². The molecule has 2 aromatic rings. The molecule has 1 aromatic carbocycles. The van der Waals surface area contributed by atoms with Crippen molar-refractivity contribution in [3.8, 4) is 11.5 Å². The van der Waals surface area contributed by atoms with E-state index in [2.05, 4.69) is 10.1 Å². The lowest BCUT2D eigenvalue weighted by molar-refractivity contribution is -0.133. The van der Waals surface area contributed by atoms with E-state index in [9.17, 15) is 4.79 Å². The van der Waals surface area contributed by atoms with Gasteiger partial charge >= 0.3 is 0 Å². The van der Waals surface area contributed by atoms with Crippen molar-refractivity contribution in [3.63, 3.8) is 0 Å². The summed E-state index contributed by atoms with van der Waals surface area (Å²) in [6.45, 7) is 5.48. The molecule has 0 aliphatic carbocycles. The minimum Gasteiger partial charge on any atom is -0.486 e. The first kappa shape index (κ1) is 15.9. The monoisotopic (exact) mass is 343 g/mol. The van der Waals surface area contributed by atoms with Crippen LogP contribution >= 0.6 is 0 Å². The number of carbonyl (C=O) groups excluding carboxylic acids is 1. The van der Waals surface area contributed by atoms with Crippen LogP contribution in [0.25, 0.3) is 0 Å². The first-order chi connectivity index (χ1) is 12.1. The van der Waals surface area contributed by atoms with Crippen LogP contribution in [0.2, 0.25) is 0 Å². The Bertz CT molecular complexity index is 788. The predicted molar refractivity (Wildman–Crippen MR) is 88.6 cm³/mol. The molecule has 0 N–H and O–H groups in total. The lowest BCUT2D eigenvalue weighted by Gasteiger charge is -2.26. The second-order valence-corrected chi connectivity index (χ2v) is 6.49. The smallest absolute Gasteiger partial charge is 0.230 e. The highest BCUT2D eigenvalue weighted by Gasteiger charge is 2.35. The number of aryl methyl sites for hydroxylation is 1. The van der Waals surface area contributed by atoms with E-state index in [1.165, 1.54) is 0 Å². The van der Waals surface area contributed by atoms with Crippen LogP contribution in [-0.2, 0) is 4.79 Å². The number of carbonyl (C=O) groups is 1. The van der Waals surface area contributed by atoms with Gasteiger partial charge in [0, 0.05) is 13.5 Å². The van der Waals surface area contributed by atoms with Crippen LogP contribution in [0.4, 0.5) is 0 Å². The molecule has 2 aliphatic rings. The number of rotatable bonds is 3. The Morgan fingerprint density at radius 3 is 2.84 bits per heavy atom. The average Bonchev–Trinajstić information content (AvgIpc) is 3.28. The number of amides is 1. The van der Waals surface area contributed by atoms with Crippen molar-refractivity contribution < 1.29 is 18.8 Å². The van der Waals surface area contributed by atoms with Crippen molar-refractivity contribution >= 4 is 5.91 Å². The maximum atomic E-state index is 13.1. The summed E-state index contributed by atoms with van der Waals surface area (Å²) in [7, 11) is 0. The first-order valence-electron chi connectivity index (χ1n) is 8.63. The van der Waals surface area contributed by atoms with E-state index in [4.69, 9.17) is 14.0 Å². The summed E-state index contributed by atoms with van der Waals surface area (Å²) < 4.78 is 16.3. The summed E-state index contributed by atoms with van der Waals surface area (Å²) in [5.74, 6) is 2.35. The zero-order chi connectivity index (χ0) is 17.4. The highest BCUT2D eigenvalue weighted by Crippen LogP contribution is 2.36. The van der Waals surface area contributed by atoms with Gasteiger partial charge in [0.15, 0.2) is 17.3 Å². The largest absolute Gasteiger partial charge is 0.486 e. The van der Waals surface area contributed by atoms with Gasteiger partial charge in [-0.2, -0.15) is 4.98 Å². The minimum absolute atomic E-state index is 0.0710. The van der Waals surface area contributed by atoms with Crippen molar-refractivity contribution in [2.75, 3.05) is 19.8 Å². The van der Waals surface area contributed by atoms with Gasteiger partial charge in [-0.3, -0.25) is 4.79 Å². The standard InChI is InChI=1S/C18H21N3O4/c1-11(13-5-6-15-16(10-13)24-9-8-23-15)18(22)21-7-3-4-14(21)17-19-12(2)25-20-17/h5-6,10-11,14H,3-4,7-9H2,1-2H3/t11-,14-/m0/s1. The molecule has 1 aromatic heterocycles. The molecule has 0 saturated carbocycles. The predicted octanol–water partition coefficient (Wildman–Crippen LogP) is 2.62.